The number of nitrogens with zero attached hydrogens (tertiary/aromatic N) is 1. The van der Waals surface area contributed by atoms with Crippen molar-refractivity contribution < 1.29 is 9.90 Å². The van der Waals surface area contributed by atoms with Crippen LogP contribution in [-0.2, 0) is 7.05 Å². The van der Waals surface area contributed by atoms with Gasteiger partial charge in [0, 0.05) is 13.2 Å². The third kappa shape index (κ3) is 2.70. The molecule has 18 heavy (non-hydrogen) atoms. The second-order valence-electron chi connectivity index (χ2n) is 5.11. The van der Waals surface area contributed by atoms with Gasteiger partial charge in [0.15, 0.2) is 0 Å². The molecular weight excluding hydrogens is 252 g/mol. The fraction of sp³-hybridized carbons (Fsp3) is 0.615. The van der Waals surface area contributed by atoms with Gasteiger partial charge in [0.05, 0.1) is 17.2 Å². The maximum Gasteiger partial charge on any atom is 0.268 e. The van der Waals surface area contributed by atoms with Crippen molar-refractivity contribution in [2.45, 2.75) is 37.6 Å². The van der Waals surface area contributed by atoms with Gasteiger partial charge in [-0.3, -0.25) is 4.79 Å². The lowest BCUT2D eigenvalue weighted by atomic mass is 9.82. The molecule has 1 heterocycles. The number of nitrogens with one attached hydrogen (secondary N) is 1. The molecular formula is C13H19ClN2O2. The Labute approximate surface area is 112 Å². The van der Waals surface area contributed by atoms with Crippen molar-refractivity contribution >= 4 is 17.5 Å². The summed E-state index contributed by atoms with van der Waals surface area (Å²) in [5, 5.41) is 13.1. The molecule has 0 aromatic carbocycles. The van der Waals surface area contributed by atoms with Gasteiger partial charge in [-0.1, -0.05) is 30.9 Å². The first kappa shape index (κ1) is 13.4. The fourth-order valence-electron chi connectivity index (χ4n) is 2.61. The zero-order valence-electron chi connectivity index (χ0n) is 10.6. The highest BCUT2D eigenvalue weighted by Gasteiger charge is 2.33. The molecule has 5 heteroatoms. The predicted octanol–water partition coefficient (Wildman–Crippen LogP) is 2.10. The number of carbonyl (C=O) groups excluding carboxylic acids is 1. The molecule has 1 aliphatic carbocycles. The van der Waals surface area contributed by atoms with Crippen LogP contribution in [0.25, 0.3) is 0 Å². The van der Waals surface area contributed by atoms with Crippen LogP contribution in [0.3, 0.4) is 0 Å². The van der Waals surface area contributed by atoms with Crippen LogP contribution in [0.2, 0.25) is 5.02 Å². The molecule has 0 bridgehead atoms. The number of hydrogen-bond acceptors (Lipinski definition) is 2. The van der Waals surface area contributed by atoms with Crippen molar-refractivity contribution in [1.82, 2.24) is 9.88 Å². The molecule has 2 N–H and O–H groups in total. The Balaban J connectivity index is 2.12. The normalized spacial score (nSPS) is 18.6. The topological polar surface area (TPSA) is 54.3 Å². The summed E-state index contributed by atoms with van der Waals surface area (Å²) < 4.78 is 1.70. The molecule has 1 aliphatic rings. The SMILES string of the molecule is Cn1cc(Cl)cc1C(=O)NC1(CO)CCCCC1. The van der Waals surface area contributed by atoms with Gasteiger partial charge < -0.3 is 15.0 Å². The van der Waals surface area contributed by atoms with Crippen LogP contribution in [-0.4, -0.2) is 27.7 Å². The lowest BCUT2D eigenvalue weighted by molar-refractivity contribution is 0.0751. The Bertz CT molecular complexity index is 436. The highest BCUT2D eigenvalue weighted by atomic mass is 35.5. The summed E-state index contributed by atoms with van der Waals surface area (Å²) in [6.07, 6.45) is 6.65. The van der Waals surface area contributed by atoms with Gasteiger partial charge >= 0.3 is 0 Å². The molecule has 1 aromatic heterocycles. The average Bonchev–Trinajstić information content (AvgIpc) is 2.70. The maximum atomic E-state index is 12.2. The van der Waals surface area contributed by atoms with Crippen LogP contribution in [0.5, 0.6) is 0 Å². The number of halogens is 1. The quantitative estimate of drug-likeness (QED) is 0.884. The molecule has 0 aliphatic heterocycles. The first-order valence-electron chi connectivity index (χ1n) is 6.32. The summed E-state index contributed by atoms with van der Waals surface area (Å²) in [6.45, 7) is -0.00308. The summed E-state index contributed by atoms with van der Waals surface area (Å²) in [6, 6.07) is 1.64. The predicted molar refractivity (Wildman–Crippen MR) is 70.8 cm³/mol. The van der Waals surface area contributed by atoms with Gasteiger partial charge in [-0.25, -0.2) is 0 Å². The molecule has 1 amide bonds. The van der Waals surface area contributed by atoms with Gasteiger partial charge in [-0.15, -0.1) is 0 Å². The lowest BCUT2D eigenvalue weighted by Crippen LogP contribution is -2.52. The number of aliphatic hydroxyl groups is 1. The molecule has 0 spiro atoms. The Hall–Kier alpha value is -1.00. The second kappa shape index (κ2) is 5.33. The first-order chi connectivity index (χ1) is 8.56. The standard InChI is InChI=1S/C13H19ClN2O2/c1-16-8-10(14)7-11(16)12(18)15-13(9-17)5-3-2-4-6-13/h7-8,17H,2-6,9H2,1H3,(H,15,18). The van der Waals surface area contributed by atoms with Crippen molar-refractivity contribution in [3.8, 4) is 0 Å². The summed E-state index contributed by atoms with van der Waals surface area (Å²) >= 11 is 5.87. The zero-order valence-corrected chi connectivity index (χ0v) is 11.3. The summed E-state index contributed by atoms with van der Waals surface area (Å²) in [5.74, 6) is -0.166. The Morgan fingerprint density at radius 3 is 2.67 bits per heavy atom. The molecule has 1 fully saturated rings. The van der Waals surface area contributed by atoms with Gasteiger partial charge in [0.2, 0.25) is 0 Å². The first-order valence-corrected chi connectivity index (χ1v) is 6.69. The largest absolute Gasteiger partial charge is 0.394 e. The van der Waals surface area contributed by atoms with Gasteiger partial charge in [0.1, 0.15) is 5.69 Å². The number of carbonyl (C=O) groups is 1. The molecule has 2 rings (SSSR count). The third-order valence-electron chi connectivity index (χ3n) is 3.70. The maximum absolute atomic E-state index is 12.2. The minimum Gasteiger partial charge on any atom is -0.394 e. The number of amides is 1. The van der Waals surface area contributed by atoms with E-state index in [1.807, 2.05) is 0 Å². The second-order valence-corrected chi connectivity index (χ2v) is 5.54. The highest BCUT2D eigenvalue weighted by Crippen LogP contribution is 2.28. The monoisotopic (exact) mass is 270 g/mol. The summed E-state index contributed by atoms with van der Waals surface area (Å²) in [7, 11) is 1.79. The molecule has 100 valence electrons. The molecule has 4 nitrogen and oxygen atoms in total. The van der Waals surface area contributed by atoms with Crippen LogP contribution in [0.15, 0.2) is 12.3 Å². The van der Waals surface area contributed by atoms with E-state index < -0.39 is 5.54 Å². The van der Waals surface area contributed by atoms with E-state index >= 15 is 0 Å². The number of hydrogen-bond donors (Lipinski definition) is 2. The molecule has 0 unspecified atom stereocenters. The minimum absolute atomic E-state index is 0.00308. The van der Waals surface area contributed by atoms with E-state index in [0.29, 0.717) is 10.7 Å². The summed E-state index contributed by atoms with van der Waals surface area (Å²) in [4.78, 5) is 12.2. The van der Waals surface area contributed by atoms with Gasteiger partial charge in [-0.2, -0.15) is 0 Å². The molecule has 0 saturated heterocycles. The van der Waals surface area contributed by atoms with Crippen LogP contribution in [0.4, 0.5) is 0 Å². The Morgan fingerprint density at radius 1 is 1.50 bits per heavy atom. The van der Waals surface area contributed by atoms with Crippen LogP contribution >= 0.6 is 11.6 Å². The van der Waals surface area contributed by atoms with E-state index in [4.69, 9.17) is 11.6 Å². The zero-order chi connectivity index (χ0) is 13.2. The number of aryl methyl sites for hydroxylation is 1. The average molecular weight is 271 g/mol. The van der Waals surface area contributed by atoms with E-state index in [-0.39, 0.29) is 12.5 Å². The van der Waals surface area contributed by atoms with Crippen LogP contribution in [0.1, 0.15) is 42.6 Å². The number of aliphatic hydroxyl groups excluding tert-OH is 1. The molecule has 1 aromatic rings. The highest BCUT2D eigenvalue weighted by molar-refractivity contribution is 6.31. The van der Waals surface area contributed by atoms with Gasteiger partial charge in [0.25, 0.3) is 5.91 Å². The smallest absolute Gasteiger partial charge is 0.268 e. The fourth-order valence-corrected chi connectivity index (χ4v) is 2.86. The van der Waals surface area contributed by atoms with Crippen molar-refractivity contribution in [2.24, 2.45) is 7.05 Å². The lowest BCUT2D eigenvalue weighted by Gasteiger charge is -2.36. The van der Waals surface area contributed by atoms with Crippen molar-refractivity contribution in [3.05, 3.63) is 23.0 Å². The van der Waals surface area contributed by atoms with E-state index in [9.17, 15) is 9.90 Å². The minimum atomic E-state index is -0.452. The van der Waals surface area contributed by atoms with E-state index in [1.165, 1.54) is 6.42 Å². The van der Waals surface area contributed by atoms with Crippen molar-refractivity contribution in [1.29, 1.82) is 0 Å². The van der Waals surface area contributed by atoms with Crippen LogP contribution in [0, 0.1) is 0 Å². The van der Waals surface area contributed by atoms with E-state index in [2.05, 4.69) is 5.32 Å². The third-order valence-corrected chi connectivity index (χ3v) is 3.90. The van der Waals surface area contributed by atoms with E-state index in [0.717, 1.165) is 25.7 Å². The van der Waals surface area contributed by atoms with Crippen molar-refractivity contribution in [2.75, 3.05) is 6.61 Å². The Morgan fingerprint density at radius 2 is 2.17 bits per heavy atom. The van der Waals surface area contributed by atoms with Crippen molar-refractivity contribution in [3.63, 3.8) is 0 Å². The molecule has 0 atom stereocenters. The van der Waals surface area contributed by atoms with E-state index in [1.54, 1.807) is 23.9 Å². The molecule has 1 saturated carbocycles. The Kier molecular flexibility index (Phi) is 3.97. The van der Waals surface area contributed by atoms with Gasteiger partial charge in [-0.05, 0) is 18.9 Å². The number of rotatable bonds is 3. The number of aromatic nitrogens is 1. The summed E-state index contributed by atoms with van der Waals surface area (Å²) in [5.41, 5.74) is 0.0740. The molecule has 0 radical (unpaired) electrons. The van der Waals surface area contributed by atoms with Crippen LogP contribution < -0.4 is 5.32 Å².